The Labute approximate surface area is 113 Å². The number of rotatable bonds is 2. The Morgan fingerprint density at radius 3 is 2.22 bits per heavy atom. The lowest BCUT2D eigenvalue weighted by Crippen LogP contribution is -2.35. The van der Waals surface area contributed by atoms with E-state index in [-0.39, 0.29) is 8.80 Å². The quantitative estimate of drug-likeness (QED) is 0.678. The molecule has 1 aromatic rings. The topological polar surface area (TPSA) is 0 Å². The second-order valence-corrected chi connectivity index (χ2v) is 8.83. The minimum atomic E-state index is -0.204. The molecule has 18 heavy (non-hydrogen) atoms. The summed E-state index contributed by atoms with van der Waals surface area (Å²) in [7, 11) is -0.204. The Balaban J connectivity index is 1.83. The first-order chi connectivity index (χ1) is 8.95. The van der Waals surface area contributed by atoms with Crippen molar-refractivity contribution in [2.45, 2.75) is 69.4 Å². The fraction of sp³-hybridized carbons (Fsp3) is 0.647. The average Bonchev–Trinajstić information content (AvgIpc) is 2.49. The molecule has 1 heterocycles. The molecule has 1 saturated heterocycles. The fourth-order valence-corrected chi connectivity index (χ4v) is 7.01. The molecule has 0 nitrogen and oxygen atoms in total. The van der Waals surface area contributed by atoms with E-state index < -0.39 is 0 Å². The first-order valence-corrected chi connectivity index (χ1v) is 9.80. The lowest BCUT2D eigenvalue weighted by atomic mass is 9.84. The smallest absolute Gasteiger partial charge is 0.0630 e. The molecule has 0 unspecified atom stereocenters. The number of benzene rings is 1. The van der Waals surface area contributed by atoms with Gasteiger partial charge in [0.2, 0.25) is 0 Å². The van der Waals surface area contributed by atoms with Gasteiger partial charge in [0.15, 0.2) is 0 Å². The first-order valence-electron chi connectivity index (χ1n) is 7.89. The van der Waals surface area contributed by atoms with Crippen LogP contribution in [0.1, 0.15) is 62.8 Å². The average molecular weight is 257 g/mol. The summed E-state index contributed by atoms with van der Waals surface area (Å²) in [5.41, 5.74) is 1.76. The Bertz CT molecular complexity index is 336. The molecular formula is C17H25Si. The van der Waals surface area contributed by atoms with Crippen LogP contribution in [0.4, 0.5) is 0 Å². The van der Waals surface area contributed by atoms with Crippen LogP contribution in [-0.4, -0.2) is 8.80 Å². The molecular weight excluding hydrogens is 232 g/mol. The van der Waals surface area contributed by atoms with E-state index in [0.29, 0.717) is 0 Å². The predicted molar refractivity (Wildman–Crippen MR) is 81.1 cm³/mol. The zero-order valence-electron chi connectivity index (χ0n) is 11.5. The lowest BCUT2D eigenvalue weighted by molar-refractivity contribution is 0.445. The van der Waals surface area contributed by atoms with Gasteiger partial charge < -0.3 is 0 Å². The zero-order valence-corrected chi connectivity index (χ0v) is 12.5. The van der Waals surface area contributed by atoms with E-state index in [9.17, 15) is 0 Å². The van der Waals surface area contributed by atoms with Crippen molar-refractivity contribution in [3.63, 3.8) is 0 Å². The van der Waals surface area contributed by atoms with Crippen molar-refractivity contribution in [2.24, 2.45) is 0 Å². The Hall–Kier alpha value is -0.563. The summed E-state index contributed by atoms with van der Waals surface area (Å²) in [5.74, 6) is 0.898. The van der Waals surface area contributed by atoms with Gasteiger partial charge >= 0.3 is 0 Å². The molecule has 0 aromatic heterocycles. The van der Waals surface area contributed by atoms with Crippen molar-refractivity contribution in [3.8, 4) is 0 Å². The van der Waals surface area contributed by atoms with Crippen LogP contribution in [0.2, 0.25) is 12.1 Å². The van der Waals surface area contributed by atoms with Crippen LogP contribution in [0.15, 0.2) is 24.3 Å². The molecule has 0 bridgehead atoms. The molecule has 3 rings (SSSR count). The summed E-state index contributed by atoms with van der Waals surface area (Å²) in [5, 5.41) is 1.81. The molecule has 1 aliphatic heterocycles. The summed E-state index contributed by atoms with van der Waals surface area (Å²) in [6, 6.07) is 12.6. The summed E-state index contributed by atoms with van der Waals surface area (Å²) >= 11 is 0. The summed E-state index contributed by atoms with van der Waals surface area (Å²) in [6.07, 6.45) is 11.8. The molecule has 2 aliphatic rings. The largest absolute Gasteiger partial charge is 0.0860 e. The minimum Gasteiger partial charge on any atom is -0.0630 e. The molecule has 0 N–H and O–H groups in total. The van der Waals surface area contributed by atoms with Gasteiger partial charge in [0.25, 0.3) is 0 Å². The fourth-order valence-electron chi connectivity index (χ4n) is 3.84. The third kappa shape index (κ3) is 2.71. The van der Waals surface area contributed by atoms with E-state index >= 15 is 0 Å². The molecule has 1 radical (unpaired) electrons. The first kappa shape index (κ1) is 12.5. The molecule has 0 atom stereocenters. The standard InChI is InChI=1S/C17H25Si/c1-3-9-15(10-4-1)16-11-5-6-12-17(16)18-13-7-2-8-14-18/h5-6,11-12,15H,1-4,7-10,13-14H2. The van der Waals surface area contributed by atoms with Crippen LogP contribution in [0.3, 0.4) is 0 Å². The van der Waals surface area contributed by atoms with Crippen LogP contribution in [0.25, 0.3) is 0 Å². The highest BCUT2D eigenvalue weighted by Crippen LogP contribution is 2.32. The van der Waals surface area contributed by atoms with Crippen molar-refractivity contribution in [2.75, 3.05) is 0 Å². The van der Waals surface area contributed by atoms with Crippen molar-refractivity contribution in [1.29, 1.82) is 0 Å². The van der Waals surface area contributed by atoms with Gasteiger partial charge in [-0.1, -0.05) is 80.1 Å². The maximum atomic E-state index is 2.48. The van der Waals surface area contributed by atoms with Crippen LogP contribution in [0.5, 0.6) is 0 Å². The maximum absolute atomic E-state index is 2.48. The van der Waals surface area contributed by atoms with Gasteiger partial charge in [-0.25, -0.2) is 0 Å². The van der Waals surface area contributed by atoms with Crippen LogP contribution in [0, 0.1) is 0 Å². The molecule has 1 aliphatic carbocycles. The monoisotopic (exact) mass is 257 g/mol. The molecule has 1 aromatic carbocycles. The summed E-state index contributed by atoms with van der Waals surface area (Å²) < 4.78 is 0. The van der Waals surface area contributed by atoms with Crippen LogP contribution < -0.4 is 5.19 Å². The Kier molecular flexibility index (Phi) is 4.19. The Morgan fingerprint density at radius 2 is 1.44 bits per heavy atom. The number of hydrogen-bond acceptors (Lipinski definition) is 0. The SMILES string of the molecule is c1ccc([Si]2CCCCC2)c(C2CCCCC2)c1. The maximum Gasteiger partial charge on any atom is 0.0860 e. The summed E-state index contributed by atoms with van der Waals surface area (Å²) in [6.45, 7) is 0. The third-order valence-electron chi connectivity index (χ3n) is 4.84. The van der Waals surface area contributed by atoms with Crippen LogP contribution in [-0.2, 0) is 0 Å². The predicted octanol–water partition coefficient (Wildman–Crippen LogP) is 4.62. The zero-order chi connectivity index (χ0) is 12.2. The van der Waals surface area contributed by atoms with E-state index in [2.05, 4.69) is 24.3 Å². The van der Waals surface area contributed by atoms with Gasteiger partial charge in [-0.05, 0) is 24.3 Å². The normalized spacial score (nSPS) is 23.1. The van der Waals surface area contributed by atoms with E-state index in [1.54, 1.807) is 5.56 Å². The van der Waals surface area contributed by atoms with E-state index in [1.165, 1.54) is 63.5 Å². The summed E-state index contributed by atoms with van der Waals surface area (Å²) in [4.78, 5) is 0. The molecule has 1 saturated carbocycles. The minimum absolute atomic E-state index is 0.204. The second-order valence-electron chi connectivity index (χ2n) is 6.09. The molecule has 97 valence electrons. The van der Waals surface area contributed by atoms with Crippen LogP contribution >= 0.6 is 0 Å². The van der Waals surface area contributed by atoms with E-state index in [1.807, 2.05) is 5.19 Å². The molecule has 0 spiro atoms. The Morgan fingerprint density at radius 1 is 0.778 bits per heavy atom. The van der Waals surface area contributed by atoms with Gasteiger partial charge in [-0.15, -0.1) is 0 Å². The lowest BCUT2D eigenvalue weighted by Gasteiger charge is -2.28. The van der Waals surface area contributed by atoms with Crippen molar-refractivity contribution >= 4 is 14.0 Å². The number of hydrogen-bond donors (Lipinski definition) is 0. The van der Waals surface area contributed by atoms with Gasteiger partial charge in [-0.3, -0.25) is 0 Å². The van der Waals surface area contributed by atoms with Crippen molar-refractivity contribution in [1.82, 2.24) is 0 Å². The van der Waals surface area contributed by atoms with Crippen molar-refractivity contribution < 1.29 is 0 Å². The van der Waals surface area contributed by atoms with Gasteiger partial charge in [0.05, 0.1) is 8.80 Å². The highest BCUT2D eigenvalue weighted by Gasteiger charge is 2.24. The highest BCUT2D eigenvalue weighted by molar-refractivity contribution is 6.73. The van der Waals surface area contributed by atoms with E-state index in [4.69, 9.17) is 0 Å². The molecule has 0 amide bonds. The van der Waals surface area contributed by atoms with Crippen molar-refractivity contribution in [3.05, 3.63) is 29.8 Å². The van der Waals surface area contributed by atoms with Gasteiger partial charge in [0, 0.05) is 0 Å². The highest BCUT2D eigenvalue weighted by atomic mass is 28.3. The van der Waals surface area contributed by atoms with E-state index in [0.717, 1.165) is 5.92 Å². The second kappa shape index (κ2) is 6.05. The third-order valence-corrected chi connectivity index (χ3v) is 7.98. The van der Waals surface area contributed by atoms with Gasteiger partial charge in [0.1, 0.15) is 0 Å². The van der Waals surface area contributed by atoms with Gasteiger partial charge in [-0.2, -0.15) is 0 Å². The molecule has 2 fully saturated rings. The molecule has 1 heteroatoms.